The van der Waals surface area contributed by atoms with Crippen molar-refractivity contribution in [3.8, 4) is 0 Å². The number of nitrogens with zero attached hydrogens (tertiary/aromatic N) is 3. The van der Waals surface area contributed by atoms with E-state index in [0.717, 1.165) is 18.5 Å². The number of nitro groups is 1. The Labute approximate surface area is 122 Å². The molecule has 1 aromatic rings. The molecular weight excluding hydrogens is 300 g/mol. The molecule has 0 saturated heterocycles. The average molecular weight is 316 g/mol. The van der Waals surface area contributed by atoms with Crippen molar-refractivity contribution in [2.75, 3.05) is 38.0 Å². The van der Waals surface area contributed by atoms with Gasteiger partial charge >= 0.3 is 0 Å². The average Bonchev–Trinajstić information content (AvgIpc) is 2.42. The number of aromatic nitrogens is 1. The van der Waals surface area contributed by atoms with E-state index >= 15 is 0 Å². The van der Waals surface area contributed by atoms with Crippen molar-refractivity contribution in [2.24, 2.45) is 0 Å². The lowest BCUT2D eigenvalue weighted by molar-refractivity contribution is -0.385. The van der Waals surface area contributed by atoms with Gasteiger partial charge in [-0.2, -0.15) is 0 Å². The molecule has 0 unspecified atom stereocenters. The first-order chi connectivity index (χ1) is 9.65. The Morgan fingerprint density at radius 3 is 2.62 bits per heavy atom. The van der Waals surface area contributed by atoms with E-state index in [4.69, 9.17) is 0 Å². The summed E-state index contributed by atoms with van der Waals surface area (Å²) in [5, 5.41) is 13.4. The number of nitrogens with one attached hydrogen (secondary N) is 1. The second kappa shape index (κ2) is 6.48. The molecule has 0 fully saturated rings. The molecule has 1 rings (SSSR count). The summed E-state index contributed by atoms with van der Waals surface area (Å²) in [7, 11) is -0.254. The van der Waals surface area contributed by atoms with Crippen LogP contribution in [0.2, 0.25) is 0 Å². The van der Waals surface area contributed by atoms with Gasteiger partial charge in [0.1, 0.15) is 21.9 Å². The van der Waals surface area contributed by atoms with Crippen LogP contribution in [0.5, 0.6) is 0 Å². The van der Waals surface area contributed by atoms with Crippen molar-refractivity contribution in [2.45, 2.75) is 0 Å². The van der Waals surface area contributed by atoms with Crippen LogP contribution < -0.4 is 5.32 Å². The third-order valence-corrected chi connectivity index (χ3v) is 3.62. The smallest absolute Gasteiger partial charge is 0.288 e. The number of carbonyl (C=O) groups is 1. The number of rotatable bonds is 6. The molecule has 1 amide bonds. The third-order valence-electron chi connectivity index (χ3n) is 2.70. The van der Waals surface area contributed by atoms with E-state index in [0.29, 0.717) is 0 Å². The minimum atomic E-state index is -3.21. The maximum atomic E-state index is 12.2. The van der Waals surface area contributed by atoms with Gasteiger partial charge in [-0.1, -0.05) is 0 Å². The lowest BCUT2D eigenvalue weighted by Gasteiger charge is -2.17. The lowest BCUT2D eigenvalue weighted by Crippen LogP contribution is -2.32. The fourth-order valence-corrected chi connectivity index (χ4v) is 2.13. The monoisotopic (exact) mass is 316 g/mol. The molecule has 0 spiro atoms. The lowest BCUT2D eigenvalue weighted by atomic mass is 10.2. The number of pyridine rings is 1. The summed E-state index contributed by atoms with van der Waals surface area (Å²) in [6.07, 6.45) is 2.11. The maximum Gasteiger partial charge on any atom is 0.288 e. The van der Waals surface area contributed by atoms with Gasteiger partial charge in [-0.25, -0.2) is 13.4 Å². The van der Waals surface area contributed by atoms with E-state index in [1.807, 2.05) is 0 Å². The van der Waals surface area contributed by atoms with Crippen molar-refractivity contribution in [3.05, 3.63) is 27.9 Å². The fraction of sp³-hybridized carbons (Fsp3) is 0.455. The predicted molar refractivity (Wildman–Crippen MR) is 77.1 cm³/mol. The third kappa shape index (κ3) is 4.67. The van der Waals surface area contributed by atoms with Gasteiger partial charge in [0, 0.05) is 33.0 Å². The molecule has 10 heteroatoms. The molecule has 0 radical (unpaired) electrons. The minimum Gasteiger partial charge on any atom is -0.372 e. The maximum absolute atomic E-state index is 12.2. The van der Waals surface area contributed by atoms with Crippen LogP contribution in [0.4, 0.5) is 11.5 Å². The van der Waals surface area contributed by atoms with E-state index in [1.54, 1.807) is 0 Å². The van der Waals surface area contributed by atoms with Crippen LogP contribution in [0.15, 0.2) is 12.3 Å². The Morgan fingerprint density at radius 1 is 1.52 bits per heavy atom. The molecule has 21 heavy (non-hydrogen) atoms. The SMILES string of the molecule is CNc1ncc([N+](=O)[O-])cc1C(=O)N(C)CCS(C)(=O)=O. The van der Waals surface area contributed by atoms with E-state index in [9.17, 15) is 23.3 Å². The fourth-order valence-electron chi connectivity index (χ4n) is 1.53. The van der Waals surface area contributed by atoms with Gasteiger partial charge in [0.15, 0.2) is 0 Å². The van der Waals surface area contributed by atoms with Crippen LogP contribution in [0, 0.1) is 10.1 Å². The molecule has 0 aliphatic carbocycles. The number of hydrogen-bond acceptors (Lipinski definition) is 7. The molecule has 1 heterocycles. The molecule has 1 aromatic heterocycles. The van der Waals surface area contributed by atoms with Gasteiger partial charge in [0.05, 0.1) is 16.2 Å². The van der Waals surface area contributed by atoms with Gasteiger partial charge in [0.25, 0.3) is 11.6 Å². The molecule has 0 aromatic carbocycles. The molecule has 1 N–H and O–H groups in total. The van der Waals surface area contributed by atoms with Gasteiger partial charge in [-0.05, 0) is 0 Å². The summed E-state index contributed by atoms with van der Waals surface area (Å²) in [5.41, 5.74) is -0.295. The highest BCUT2D eigenvalue weighted by molar-refractivity contribution is 7.90. The summed E-state index contributed by atoms with van der Waals surface area (Å²) in [6.45, 7) is -0.0104. The van der Waals surface area contributed by atoms with Crippen LogP contribution in [0.25, 0.3) is 0 Å². The van der Waals surface area contributed by atoms with Crippen molar-refractivity contribution >= 4 is 27.2 Å². The minimum absolute atomic E-state index is 0.0104. The summed E-state index contributed by atoms with van der Waals surface area (Å²) in [5.74, 6) is -0.539. The van der Waals surface area contributed by atoms with Crippen molar-refractivity contribution in [1.29, 1.82) is 0 Å². The first-order valence-electron chi connectivity index (χ1n) is 5.91. The highest BCUT2D eigenvalue weighted by Gasteiger charge is 2.21. The quantitative estimate of drug-likeness (QED) is 0.585. The Balaban J connectivity index is 3.04. The molecule has 0 aliphatic heterocycles. The van der Waals surface area contributed by atoms with E-state index in [1.165, 1.54) is 19.0 Å². The number of carbonyl (C=O) groups excluding carboxylic acids is 1. The van der Waals surface area contributed by atoms with Gasteiger partial charge in [-0.15, -0.1) is 0 Å². The highest BCUT2D eigenvalue weighted by atomic mass is 32.2. The number of anilines is 1. The first kappa shape index (κ1) is 16.8. The van der Waals surface area contributed by atoms with Crippen LogP contribution in [0.3, 0.4) is 0 Å². The molecule has 0 bridgehead atoms. The molecular formula is C11H16N4O5S. The zero-order valence-corrected chi connectivity index (χ0v) is 12.7. The number of amides is 1. The Hall–Kier alpha value is -2.23. The van der Waals surface area contributed by atoms with Crippen LogP contribution in [-0.2, 0) is 9.84 Å². The topological polar surface area (TPSA) is 123 Å². The Bertz CT molecular complexity index is 659. The molecule has 9 nitrogen and oxygen atoms in total. The first-order valence-corrected chi connectivity index (χ1v) is 7.97. The summed E-state index contributed by atoms with van der Waals surface area (Å²) in [4.78, 5) is 27.3. The highest BCUT2D eigenvalue weighted by Crippen LogP contribution is 2.20. The van der Waals surface area contributed by atoms with E-state index < -0.39 is 20.7 Å². The second-order valence-electron chi connectivity index (χ2n) is 4.45. The van der Waals surface area contributed by atoms with E-state index in [2.05, 4.69) is 10.3 Å². The summed E-state index contributed by atoms with van der Waals surface area (Å²) >= 11 is 0. The second-order valence-corrected chi connectivity index (χ2v) is 6.71. The van der Waals surface area contributed by atoms with Crippen molar-refractivity contribution < 1.29 is 18.1 Å². The van der Waals surface area contributed by atoms with Crippen LogP contribution in [0.1, 0.15) is 10.4 Å². The number of sulfone groups is 1. The Morgan fingerprint density at radius 2 is 2.14 bits per heavy atom. The summed E-state index contributed by atoms with van der Waals surface area (Å²) < 4.78 is 22.2. The largest absolute Gasteiger partial charge is 0.372 e. The van der Waals surface area contributed by atoms with Crippen LogP contribution >= 0.6 is 0 Å². The van der Waals surface area contributed by atoms with Gasteiger partial charge < -0.3 is 10.2 Å². The van der Waals surface area contributed by atoms with Crippen molar-refractivity contribution in [3.63, 3.8) is 0 Å². The molecule has 0 aliphatic rings. The van der Waals surface area contributed by atoms with E-state index in [-0.39, 0.29) is 29.4 Å². The normalized spacial score (nSPS) is 11.0. The van der Waals surface area contributed by atoms with Crippen molar-refractivity contribution in [1.82, 2.24) is 9.88 Å². The Kier molecular flexibility index (Phi) is 5.19. The summed E-state index contributed by atoms with van der Waals surface area (Å²) in [6, 6.07) is 1.11. The predicted octanol–water partition coefficient (Wildman–Crippen LogP) is 0.148. The zero-order valence-electron chi connectivity index (χ0n) is 11.9. The molecule has 0 saturated carbocycles. The molecule has 116 valence electrons. The number of hydrogen-bond donors (Lipinski definition) is 1. The zero-order chi connectivity index (χ0) is 16.2. The standard InChI is InChI=1S/C11H16N4O5S/c1-12-10-9(6-8(7-13-10)15(17)18)11(16)14(2)4-5-21(3,19)20/h6-7H,4-5H2,1-3H3,(H,12,13). The van der Waals surface area contributed by atoms with Gasteiger partial charge in [-0.3, -0.25) is 14.9 Å². The molecule has 0 atom stereocenters. The van der Waals surface area contributed by atoms with Crippen LogP contribution in [-0.4, -0.2) is 61.8 Å². The van der Waals surface area contributed by atoms with Gasteiger partial charge in [0.2, 0.25) is 0 Å².